The Morgan fingerprint density at radius 2 is 1.79 bits per heavy atom. The van der Waals surface area contributed by atoms with Crippen molar-refractivity contribution in [1.29, 1.82) is 0 Å². The zero-order chi connectivity index (χ0) is 24.9. The van der Waals surface area contributed by atoms with Crippen molar-refractivity contribution in [3.8, 4) is 17.2 Å². The standard InChI is InChI=1S/C24H26FN3O5S/c1-24(2,3)28-34(30,31)22-12-16(8-9-21(22)32-4)23(29)27-15-18-14-20(10-11-26-18)33-19-7-5-6-17(25)13-19/h5-14,28H,15H2,1-4H3,(H,27,29). The quantitative estimate of drug-likeness (QED) is 0.497. The number of amides is 1. The molecular weight excluding hydrogens is 461 g/mol. The Morgan fingerprint density at radius 1 is 1.06 bits per heavy atom. The number of nitrogens with zero attached hydrogens (tertiary/aromatic N) is 1. The van der Waals surface area contributed by atoms with Gasteiger partial charge in [0.15, 0.2) is 0 Å². The second-order valence-corrected chi connectivity index (χ2v) is 10.1. The van der Waals surface area contributed by atoms with Crippen LogP contribution in [0.3, 0.4) is 0 Å². The molecule has 0 saturated heterocycles. The normalized spacial score (nSPS) is 11.7. The molecule has 10 heteroatoms. The molecule has 1 heterocycles. The van der Waals surface area contributed by atoms with Gasteiger partial charge in [0.1, 0.15) is 28.0 Å². The largest absolute Gasteiger partial charge is 0.495 e. The Bertz CT molecular complexity index is 1290. The highest BCUT2D eigenvalue weighted by atomic mass is 32.2. The van der Waals surface area contributed by atoms with Crippen LogP contribution in [-0.4, -0.2) is 32.0 Å². The number of hydrogen-bond donors (Lipinski definition) is 2. The van der Waals surface area contributed by atoms with Gasteiger partial charge >= 0.3 is 0 Å². The van der Waals surface area contributed by atoms with Gasteiger partial charge < -0.3 is 14.8 Å². The Morgan fingerprint density at radius 3 is 2.47 bits per heavy atom. The molecule has 0 bridgehead atoms. The number of hydrogen-bond acceptors (Lipinski definition) is 6. The van der Waals surface area contributed by atoms with Gasteiger partial charge in [-0.1, -0.05) is 6.07 Å². The van der Waals surface area contributed by atoms with Crippen LogP contribution in [0.2, 0.25) is 0 Å². The maximum atomic E-state index is 13.4. The van der Waals surface area contributed by atoms with E-state index in [-0.39, 0.29) is 22.8 Å². The van der Waals surface area contributed by atoms with Crippen molar-refractivity contribution in [3.05, 3.63) is 77.9 Å². The lowest BCUT2D eigenvalue weighted by atomic mass is 10.1. The van der Waals surface area contributed by atoms with Gasteiger partial charge in [-0.25, -0.2) is 17.5 Å². The first kappa shape index (κ1) is 25.1. The summed E-state index contributed by atoms with van der Waals surface area (Å²) in [5.41, 5.74) is -0.0768. The van der Waals surface area contributed by atoms with Gasteiger partial charge in [0, 0.05) is 29.4 Å². The second-order valence-electron chi connectivity index (χ2n) is 8.45. The number of sulfonamides is 1. The van der Waals surface area contributed by atoms with E-state index in [1.54, 1.807) is 39.0 Å². The van der Waals surface area contributed by atoms with Crippen LogP contribution in [0.4, 0.5) is 4.39 Å². The first-order valence-corrected chi connectivity index (χ1v) is 11.8. The molecule has 0 unspecified atom stereocenters. The third-order valence-corrected chi connectivity index (χ3v) is 6.18. The fraction of sp³-hybridized carbons (Fsp3) is 0.250. The molecule has 34 heavy (non-hydrogen) atoms. The Balaban J connectivity index is 1.74. The molecule has 0 atom stereocenters. The van der Waals surface area contributed by atoms with Crippen molar-refractivity contribution in [2.24, 2.45) is 0 Å². The lowest BCUT2D eigenvalue weighted by molar-refractivity contribution is 0.0950. The summed E-state index contributed by atoms with van der Waals surface area (Å²) >= 11 is 0. The molecule has 3 rings (SSSR count). The molecule has 8 nitrogen and oxygen atoms in total. The highest BCUT2D eigenvalue weighted by Gasteiger charge is 2.26. The number of ether oxygens (including phenoxy) is 2. The third kappa shape index (κ3) is 6.75. The predicted octanol–water partition coefficient (Wildman–Crippen LogP) is 4.03. The van der Waals surface area contributed by atoms with Gasteiger partial charge in [-0.15, -0.1) is 0 Å². The van der Waals surface area contributed by atoms with Crippen LogP contribution in [0, 0.1) is 5.82 Å². The van der Waals surface area contributed by atoms with E-state index in [1.165, 1.54) is 49.7 Å². The zero-order valence-electron chi connectivity index (χ0n) is 19.3. The molecule has 0 spiro atoms. The molecule has 0 aliphatic rings. The van der Waals surface area contributed by atoms with Crippen LogP contribution in [0.1, 0.15) is 36.8 Å². The Labute approximate surface area is 198 Å². The van der Waals surface area contributed by atoms with Gasteiger partial charge in [0.2, 0.25) is 10.0 Å². The maximum Gasteiger partial charge on any atom is 0.251 e. The molecule has 0 saturated carbocycles. The Hall–Kier alpha value is -3.50. The van der Waals surface area contributed by atoms with Crippen molar-refractivity contribution in [3.63, 3.8) is 0 Å². The van der Waals surface area contributed by atoms with Crippen molar-refractivity contribution in [1.82, 2.24) is 15.0 Å². The van der Waals surface area contributed by atoms with Crippen molar-refractivity contribution in [2.75, 3.05) is 7.11 Å². The number of methoxy groups -OCH3 is 1. The van der Waals surface area contributed by atoms with Crippen molar-refractivity contribution in [2.45, 2.75) is 37.8 Å². The number of aromatic nitrogens is 1. The van der Waals surface area contributed by atoms with Crippen LogP contribution in [0.5, 0.6) is 17.2 Å². The van der Waals surface area contributed by atoms with Gasteiger partial charge in [-0.3, -0.25) is 9.78 Å². The van der Waals surface area contributed by atoms with Gasteiger partial charge in [0.05, 0.1) is 19.3 Å². The van der Waals surface area contributed by atoms with E-state index < -0.39 is 27.3 Å². The molecule has 0 radical (unpaired) electrons. The predicted molar refractivity (Wildman–Crippen MR) is 125 cm³/mol. The number of rotatable bonds is 8. The number of benzene rings is 2. The van der Waals surface area contributed by atoms with E-state index in [0.29, 0.717) is 17.2 Å². The topological polar surface area (TPSA) is 107 Å². The molecule has 2 aromatic carbocycles. The SMILES string of the molecule is COc1ccc(C(=O)NCc2cc(Oc3cccc(F)c3)ccn2)cc1S(=O)(=O)NC(C)(C)C. The van der Waals surface area contributed by atoms with Crippen LogP contribution >= 0.6 is 0 Å². The fourth-order valence-electron chi connectivity index (χ4n) is 3.04. The van der Waals surface area contributed by atoms with Gasteiger partial charge in [0.25, 0.3) is 5.91 Å². The Kier molecular flexibility index (Phi) is 7.53. The third-order valence-electron chi connectivity index (χ3n) is 4.41. The van der Waals surface area contributed by atoms with Crippen LogP contribution in [0.15, 0.2) is 65.7 Å². The molecule has 0 aliphatic carbocycles. The number of carbonyl (C=O) groups is 1. The second kappa shape index (κ2) is 10.2. The lowest BCUT2D eigenvalue weighted by Crippen LogP contribution is -2.40. The van der Waals surface area contributed by atoms with Gasteiger partial charge in [-0.2, -0.15) is 0 Å². The molecule has 1 amide bonds. The van der Waals surface area contributed by atoms with Crippen molar-refractivity contribution < 1.29 is 27.1 Å². The number of carbonyl (C=O) groups excluding carboxylic acids is 1. The van der Waals surface area contributed by atoms with E-state index in [2.05, 4.69) is 15.0 Å². The maximum absolute atomic E-state index is 13.4. The number of nitrogens with one attached hydrogen (secondary N) is 2. The summed E-state index contributed by atoms with van der Waals surface area (Å²) in [7, 11) is -2.58. The first-order valence-electron chi connectivity index (χ1n) is 10.4. The minimum absolute atomic E-state index is 0.0630. The summed E-state index contributed by atoms with van der Waals surface area (Å²) in [6.07, 6.45) is 1.51. The van der Waals surface area contributed by atoms with E-state index >= 15 is 0 Å². The highest BCUT2D eigenvalue weighted by Crippen LogP contribution is 2.26. The summed E-state index contributed by atoms with van der Waals surface area (Å²) in [6.45, 7) is 5.21. The molecule has 0 aliphatic heterocycles. The van der Waals surface area contributed by atoms with Crippen LogP contribution < -0.4 is 19.5 Å². The lowest BCUT2D eigenvalue weighted by Gasteiger charge is -2.21. The molecule has 2 N–H and O–H groups in total. The molecule has 3 aromatic rings. The van der Waals surface area contributed by atoms with E-state index in [1.807, 2.05) is 0 Å². The van der Waals surface area contributed by atoms with Crippen LogP contribution in [-0.2, 0) is 16.6 Å². The summed E-state index contributed by atoms with van der Waals surface area (Å²) in [5, 5.41) is 2.71. The average molecular weight is 488 g/mol. The molecule has 1 aromatic heterocycles. The summed E-state index contributed by atoms with van der Waals surface area (Å²) in [5.74, 6) is -0.0316. The summed E-state index contributed by atoms with van der Waals surface area (Å²) in [4.78, 5) is 16.8. The molecule has 0 fully saturated rings. The average Bonchev–Trinajstić information content (AvgIpc) is 2.75. The number of pyridine rings is 1. The minimum atomic E-state index is -3.93. The highest BCUT2D eigenvalue weighted by molar-refractivity contribution is 7.89. The number of halogens is 1. The van der Waals surface area contributed by atoms with Crippen molar-refractivity contribution >= 4 is 15.9 Å². The van der Waals surface area contributed by atoms with Gasteiger partial charge in [-0.05, 0) is 57.2 Å². The van der Waals surface area contributed by atoms with Crippen LogP contribution in [0.25, 0.3) is 0 Å². The van der Waals surface area contributed by atoms with E-state index in [4.69, 9.17) is 9.47 Å². The fourth-order valence-corrected chi connectivity index (χ4v) is 4.66. The van der Waals surface area contributed by atoms with E-state index in [9.17, 15) is 17.6 Å². The molecule has 180 valence electrons. The zero-order valence-corrected chi connectivity index (χ0v) is 20.1. The molecular formula is C24H26FN3O5S. The summed E-state index contributed by atoms with van der Waals surface area (Å²) < 4.78 is 52.4. The monoisotopic (exact) mass is 487 g/mol. The minimum Gasteiger partial charge on any atom is -0.495 e. The van der Waals surface area contributed by atoms with E-state index in [0.717, 1.165) is 0 Å². The smallest absolute Gasteiger partial charge is 0.251 e. The summed E-state index contributed by atoms with van der Waals surface area (Å²) in [6, 6.07) is 13.1. The first-order chi connectivity index (χ1) is 16.0.